The lowest BCUT2D eigenvalue weighted by Crippen LogP contribution is -2.02. The molecule has 0 unspecified atom stereocenters. The van der Waals surface area contributed by atoms with Gasteiger partial charge in [-0.05, 0) is 53.1 Å². The van der Waals surface area contributed by atoms with Crippen molar-refractivity contribution in [2.24, 2.45) is 0 Å². The second-order valence-corrected chi connectivity index (χ2v) is 4.96. The van der Waals surface area contributed by atoms with Crippen LogP contribution in [0.5, 0.6) is 0 Å². The molecule has 3 aromatic rings. The molecule has 0 atom stereocenters. The number of hydrogen-bond donors (Lipinski definition) is 1. The van der Waals surface area contributed by atoms with Crippen LogP contribution in [-0.4, -0.2) is 20.2 Å². The van der Waals surface area contributed by atoms with Gasteiger partial charge in [-0.2, -0.15) is 4.68 Å². The number of nitrogens with zero attached hydrogens (tertiary/aromatic N) is 4. The molecule has 0 saturated carbocycles. The van der Waals surface area contributed by atoms with Gasteiger partial charge in [0.15, 0.2) is 5.82 Å². The SMILES string of the molecule is CCc1cccc(-n2nnnc2-c2cccc(N)c2C)c1. The highest BCUT2D eigenvalue weighted by Crippen LogP contribution is 2.26. The van der Waals surface area contributed by atoms with E-state index in [-0.39, 0.29) is 0 Å². The summed E-state index contributed by atoms with van der Waals surface area (Å²) >= 11 is 0. The van der Waals surface area contributed by atoms with E-state index >= 15 is 0 Å². The standard InChI is InChI=1S/C16H17N5/c1-3-12-6-4-7-13(10-12)21-16(18-19-20-21)14-8-5-9-15(17)11(14)2/h4-10H,3,17H2,1-2H3. The molecular formula is C16H17N5. The van der Waals surface area contributed by atoms with Gasteiger partial charge in [-0.25, -0.2) is 0 Å². The summed E-state index contributed by atoms with van der Waals surface area (Å²) in [5.41, 5.74) is 10.9. The second-order valence-electron chi connectivity index (χ2n) is 4.96. The van der Waals surface area contributed by atoms with Crippen LogP contribution in [0.25, 0.3) is 17.1 Å². The van der Waals surface area contributed by atoms with Crippen LogP contribution in [0.2, 0.25) is 0 Å². The summed E-state index contributed by atoms with van der Waals surface area (Å²) in [5, 5.41) is 12.1. The van der Waals surface area contributed by atoms with E-state index in [0.717, 1.165) is 28.9 Å². The zero-order chi connectivity index (χ0) is 14.8. The molecule has 2 N–H and O–H groups in total. The van der Waals surface area contributed by atoms with Crippen LogP contribution in [0, 0.1) is 6.92 Å². The fraction of sp³-hybridized carbons (Fsp3) is 0.188. The van der Waals surface area contributed by atoms with Gasteiger partial charge in [-0.3, -0.25) is 0 Å². The molecular weight excluding hydrogens is 262 g/mol. The largest absolute Gasteiger partial charge is 0.398 e. The Balaban J connectivity index is 2.15. The van der Waals surface area contributed by atoms with Crippen LogP contribution in [0.4, 0.5) is 5.69 Å². The summed E-state index contributed by atoms with van der Waals surface area (Å²) in [7, 11) is 0. The maximum Gasteiger partial charge on any atom is 0.187 e. The molecule has 0 aliphatic carbocycles. The number of tetrazole rings is 1. The van der Waals surface area contributed by atoms with E-state index in [1.165, 1.54) is 5.56 Å². The van der Waals surface area contributed by atoms with Crippen molar-refractivity contribution in [2.45, 2.75) is 20.3 Å². The summed E-state index contributed by atoms with van der Waals surface area (Å²) in [5.74, 6) is 0.702. The molecule has 3 rings (SSSR count). The zero-order valence-corrected chi connectivity index (χ0v) is 12.1. The Morgan fingerprint density at radius 1 is 1.14 bits per heavy atom. The van der Waals surface area contributed by atoms with Gasteiger partial charge in [0.05, 0.1) is 5.69 Å². The topological polar surface area (TPSA) is 69.6 Å². The van der Waals surface area contributed by atoms with Gasteiger partial charge in [0, 0.05) is 11.3 Å². The molecule has 106 valence electrons. The number of anilines is 1. The fourth-order valence-corrected chi connectivity index (χ4v) is 2.33. The van der Waals surface area contributed by atoms with Crippen molar-refractivity contribution in [1.29, 1.82) is 0 Å². The van der Waals surface area contributed by atoms with E-state index in [9.17, 15) is 0 Å². The van der Waals surface area contributed by atoms with Crippen molar-refractivity contribution < 1.29 is 0 Å². The van der Waals surface area contributed by atoms with Gasteiger partial charge in [0.1, 0.15) is 0 Å². The Bertz CT molecular complexity index is 776. The molecule has 2 aromatic carbocycles. The molecule has 21 heavy (non-hydrogen) atoms. The molecule has 0 amide bonds. The third-order valence-electron chi connectivity index (χ3n) is 3.65. The smallest absolute Gasteiger partial charge is 0.187 e. The third kappa shape index (κ3) is 2.38. The number of aromatic nitrogens is 4. The molecule has 0 saturated heterocycles. The molecule has 1 heterocycles. The van der Waals surface area contributed by atoms with Gasteiger partial charge < -0.3 is 5.73 Å². The van der Waals surface area contributed by atoms with Gasteiger partial charge in [0.2, 0.25) is 0 Å². The predicted octanol–water partition coefficient (Wildman–Crippen LogP) is 2.78. The van der Waals surface area contributed by atoms with E-state index in [4.69, 9.17) is 5.73 Å². The highest BCUT2D eigenvalue weighted by Gasteiger charge is 2.14. The lowest BCUT2D eigenvalue weighted by atomic mass is 10.1. The highest BCUT2D eigenvalue weighted by molar-refractivity contribution is 5.68. The van der Waals surface area contributed by atoms with Gasteiger partial charge in [0.25, 0.3) is 0 Å². The lowest BCUT2D eigenvalue weighted by Gasteiger charge is -2.09. The van der Waals surface area contributed by atoms with Gasteiger partial charge >= 0.3 is 0 Å². The predicted molar refractivity (Wildman–Crippen MR) is 83.1 cm³/mol. The third-order valence-corrected chi connectivity index (χ3v) is 3.65. The first kappa shape index (κ1) is 13.3. The fourth-order valence-electron chi connectivity index (χ4n) is 2.33. The van der Waals surface area contributed by atoms with Crippen molar-refractivity contribution in [3.63, 3.8) is 0 Å². The van der Waals surface area contributed by atoms with Crippen molar-refractivity contribution in [3.05, 3.63) is 53.6 Å². The Hall–Kier alpha value is -2.69. The van der Waals surface area contributed by atoms with Gasteiger partial charge in [-0.15, -0.1) is 5.10 Å². The first-order chi connectivity index (χ1) is 10.2. The summed E-state index contributed by atoms with van der Waals surface area (Å²) in [4.78, 5) is 0. The first-order valence-electron chi connectivity index (χ1n) is 6.94. The lowest BCUT2D eigenvalue weighted by molar-refractivity contribution is 0.790. The number of aryl methyl sites for hydroxylation is 1. The molecule has 5 heteroatoms. The van der Waals surface area contributed by atoms with Crippen LogP contribution in [0.3, 0.4) is 0 Å². The summed E-state index contributed by atoms with van der Waals surface area (Å²) < 4.78 is 1.75. The number of benzene rings is 2. The number of rotatable bonds is 3. The normalized spacial score (nSPS) is 10.8. The quantitative estimate of drug-likeness (QED) is 0.748. The van der Waals surface area contributed by atoms with Crippen LogP contribution >= 0.6 is 0 Å². The molecule has 0 radical (unpaired) electrons. The first-order valence-corrected chi connectivity index (χ1v) is 6.94. The minimum Gasteiger partial charge on any atom is -0.398 e. The Morgan fingerprint density at radius 2 is 1.95 bits per heavy atom. The number of nitrogens with two attached hydrogens (primary N) is 1. The van der Waals surface area contributed by atoms with Crippen molar-refractivity contribution in [2.75, 3.05) is 5.73 Å². The van der Waals surface area contributed by atoms with E-state index in [1.54, 1.807) is 4.68 Å². The summed E-state index contributed by atoms with van der Waals surface area (Å²) in [6, 6.07) is 14.0. The maximum absolute atomic E-state index is 5.98. The number of nitrogen functional groups attached to an aromatic ring is 1. The number of hydrogen-bond acceptors (Lipinski definition) is 4. The van der Waals surface area contributed by atoms with E-state index < -0.39 is 0 Å². The molecule has 0 fully saturated rings. The van der Waals surface area contributed by atoms with Crippen molar-refractivity contribution in [1.82, 2.24) is 20.2 Å². The van der Waals surface area contributed by atoms with Crippen molar-refractivity contribution in [3.8, 4) is 17.1 Å². The maximum atomic E-state index is 5.98. The second kappa shape index (κ2) is 5.36. The molecule has 0 aliphatic rings. The average molecular weight is 279 g/mol. The van der Waals surface area contributed by atoms with Crippen molar-refractivity contribution >= 4 is 5.69 Å². The Morgan fingerprint density at radius 3 is 2.76 bits per heavy atom. The molecule has 1 aromatic heterocycles. The zero-order valence-electron chi connectivity index (χ0n) is 12.1. The molecule has 0 spiro atoms. The molecule has 0 aliphatic heterocycles. The summed E-state index contributed by atoms with van der Waals surface area (Å²) in [6.07, 6.45) is 0.975. The molecule has 0 bridgehead atoms. The van der Waals surface area contributed by atoms with Gasteiger partial charge in [-0.1, -0.05) is 31.2 Å². The summed E-state index contributed by atoms with van der Waals surface area (Å²) in [6.45, 7) is 4.10. The monoisotopic (exact) mass is 279 g/mol. The van der Waals surface area contributed by atoms with Crippen LogP contribution in [0.15, 0.2) is 42.5 Å². The van der Waals surface area contributed by atoms with E-state index in [1.807, 2.05) is 37.3 Å². The Kier molecular flexibility index (Phi) is 3.39. The Labute approximate surface area is 123 Å². The minimum absolute atomic E-state index is 0.702. The minimum atomic E-state index is 0.702. The average Bonchev–Trinajstić information content (AvgIpc) is 2.99. The van der Waals surface area contributed by atoms with Crippen LogP contribution in [-0.2, 0) is 6.42 Å². The van der Waals surface area contributed by atoms with E-state index in [2.05, 4.69) is 34.6 Å². The van der Waals surface area contributed by atoms with Crippen LogP contribution in [0.1, 0.15) is 18.1 Å². The van der Waals surface area contributed by atoms with E-state index in [0.29, 0.717) is 5.82 Å². The highest BCUT2D eigenvalue weighted by atomic mass is 15.5. The van der Waals surface area contributed by atoms with Crippen LogP contribution < -0.4 is 5.73 Å². The molecule has 5 nitrogen and oxygen atoms in total.